The third-order valence-corrected chi connectivity index (χ3v) is 4.34. The van der Waals surface area contributed by atoms with Crippen LogP contribution < -0.4 is 0 Å². The molecule has 0 fully saturated rings. The fourth-order valence-electron chi connectivity index (χ4n) is 1.61. The maximum Gasteiger partial charge on any atom is 0.402 e. The summed E-state index contributed by atoms with van der Waals surface area (Å²) in [7, 11) is -3.35. The van der Waals surface area contributed by atoms with Crippen molar-refractivity contribution in [3.63, 3.8) is 0 Å². The molecule has 0 saturated heterocycles. The van der Waals surface area contributed by atoms with E-state index in [4.69, 9.17) is 5.11 Å². The minimum absolute atomic E-state index is 0.240. The molecule has 0 aliphatic carbocycles. The summed E-state index contributed by atoms with van der Waals surface area (Å²) >= 11 is 0. The summed E-state index contributed by atoms with van der Waals surface area (Å²) < 4.78 is 62.2. The Morgan fingerprint density at radius 2 is 2.00 bits per heavy atom. The van der Waals surface area contributed by atoms with Crippen LogP contribution in [0, 0.1) is 0 Å². The van der Waals surface area contributed by atoms with E-state index in [1.54, 1.807) is 6.92 Å². The molecule has 0 bridgehead atoms. The summed E-state index contributed by atoms with van der Waals surface area (Å²) in [5, 5.41) is 9.04. The maximum absolute atomic E-state index is 12.2. The lowest BCUT2D eigenvalue weighted by atomic mass is 10.4. The molecule has 110 valence electrons. The van der Waals surface area contributed by atoms with Crippen LogP contribution in [0.2, 0.25) is 0 Å². The fraction of sp³-hybridized carbons (Fsp3) is 0.600. The molecule has 5 nitrogen and oxygen atoms in total. The zero-order valence-corrected chi connectivity index (χ0v) is 11.3. The third-order valence-electron chi connectivity index (χ3n) is 2.57. The van der Waals surface area contributed by atoms with Crippen molar-refractivity contribution < 1.29 is 26.7 Å². The number of aliphatic hydroxyl groups excluding tert-OH is 1. The van der Waals surface area contributed by atoms with Crippen LogP contribution in [0.15, 0.2) is 17.2 Å². The van der Waals surface area contributed by atoms with Gasteiger partial charge in [0, 0.05) is 25.5 Å². The summed E-state index contributed by atoms with van der Waals surface area (Å²) in [4.78, 5) is -0.259. The van der Waals surface area contributed by atoms with E-state index >= 15 is 0 Å². The monoisotopic (exact) mass is 300 g/mol. The van der Waals surface area contributed by atoms with Crippen molar-refractivity contribution in [1.29, 1.82) is 0 Å². The van der Waals surface area contributed by atoms with Gasteiger partial charge in [-0.05, 0) is 13.0 Å². The topological polar surface area (TPSA) is 62.5 Å². The number of aromatic nitrogens is 1. The second kappa shape index (κ2) is 5.51. The predicted octanol–water partition coefficient (Wildman–Crippen LogP) is 1.18. The minimum Gasteiger partial charge on any atom is -0.390 e. The van der Waals surface area contributed by atoms with Gasteiger partial charge in [0.2, 0.25) is 10.0 Å². The summed E-state index contributed by atoms with van der Waals surface area (Å²) in [5.74, 6) is 0. The molecule has 1 rings (SSSR count). The van der Waals surface area contributed by atoms with Gasteiger partial charge >= 0.3 is 6.18 Å². The highest BCUT2D eigenvalue weighted by molar-refractivity contribution is 7.89. The van der Waals surface area contributed by atoms with E-state index < -0.39 is 22.7 Å². The lowest BCUT2D eigenvalue weighted by Gasteiger charge is -2.17. The summed E-state index contributed by atoms with van der Waals surface area (Å²) in [5.41, 5.74) is 0.335. The minimum atomic E-state index is -4.60. The van der Waals surface area contributed by atoms with Gasteiger partial charge in [0.15, 0.2) is 0 Å². The fourth-order valence-corrected chi connectivity index (χ4v) is 2.83. The Hall–Kier alpha value is -1.06. The molecule has 0 aliphatic heterocycles. The summed E-state index contributed by atoms with van der Waals surface area (Å²) in [6.07, 6.45) is -3.39. The van der Waals surface area contributed by atoms with Crippen molar-refractivity contribution in [2.45, 2.75) is 31.1 Å². The first-order chi connectivity index (χ1) is 8.61. The maximum atomic E-state index is 12.2. The number of aryl methyl sites for hydroxylation is 1. The Labute approximate surface area is 109 Å². The Balaban J connectivity index is 3.10. The molecule has 0 unspecified atom stereocenters. The molecule has 0 aliphatic rings. The number of alkyl halides is 3. The van der Waals surface area contributed by atoms with Gasteiger partial charge in [-0.15, -0.1) is 0 Å². The van der Waals surface area contributed by atoms with Gasteiger partial charge in [-0.2, -0.15) is 17.5 Å². The molecule has 19 heavy (non-hydrogen) atoms. The number of aliphatic hydroxyl groups is 1. The molecule has 9 heteroatoms. The largest absolute Gasteiger partial charge is 0.402 e. The number of halogens is 3. The average molecular weight is 300 g/mol. The van der Waals surface area contributed by atoms with Crippen LogP contribution in [0.25, 0.3) is 0 Å². The second-order valence-corrected chi connectivity index (χ2v) is 6.03. The van der Waals surface area contributed by atoms with E-state index in [2.05, 4.69) is 0 Å². The van der Waals surface area contributed by atoms with E-state index in [-0.39, 0.29) is 15.8 Å². The van der Waals surface area contributed by atoms with Crippen LogP contribution in [0.4, 0.5) is 13.2 Å². The van der Waals surface area contributed by atoms with Gasteiger partial charge in [-0.25, -0.2) is 8.42 Å². The van der Waals surface area contributed by atoms with Crippen molar-refractivity contribution in [2.24, 2.45) is 0 Å². The third kappa shape index (κ3) is 3.71. The predicted molar refractivity (Wildman–Crippen MR) is 61.9 cm³/mol. The molecule has 1 aromatic heterocycles. The van der Waals surface area contributed by atoms with E-state index in [9.17, 15) is 21.6 Å². The lowest BCUT2D eigenvalue weighted by Crippen LogP contribution is -2.35. The van der Waals surface area contributed by atoms with E-state index in [0.29, 0.717) is 12.2 Å². The Bertz CT molecular complexity index is 515. The molecule has 1 aromatic rings. The van der Waals surface area contributed by atoms with E-state index in [1.165, 1.54) is 16.8 Å². The highest BCUT2D eigenvalue weighted by atomic mass is 32.2. The lowest BCUT2D eigenvalue weighted by molar-refractivity contribution is -0.134. The van der Waals surface area contributed by atoms with Gasteiger partial charge in [0.25, 0.3) is 0 Å². The summed E-state index contributed by atoms with van der Waals surface area (Å²) in [6, 6.07) is 1.17. The van der Waals surface area contributed by atoms with Crippen LogP contribution >= 0.6 is 0 Å². The molecule has 0 atom stereocenters. The molecule has 0 saturated carbocycles. The van der Waals surface area contributed by atoms with Crippen molar-refractivity contribution in [2.75, 3.05) is 13.6 Å². The van der Waals surface area contributed by atoms with Gasteiger partial charge in [0.1, 0.15) is 11.4 Å². The molecule has 0 amide bonds. The van der Waals surface area contributed by atoms with Crippen molar-refractivity contribution in [3.8, 4) is 0 Å². The normalized spacial score (nSPS) is 13.2. The molecule has 1 heterocycles. The molecular formula is C10H15F3N2O3S. The Morgan fingerprint density at radius 1 is 1.42 bits per heavy atom. The summed E-state index contributed by atoms with van der Waals surface area (Å²) in [6.45, 7) is 0.205. The zero-order valence-electron chi connectivity index (χ0n) is 10.5. The highest BCUT2D eigenvalue weighted by Gasteiger charge is 2.35. The van der Waals surface area contributed by atoms with Gasteiger partial charge < -0.3 is 9.67 Å². The number of nitrogens with zero attached hydrogens (tertiary/aromatic N) is 2. The van der Waals surface area contributed by atoms with Crippen LogP contribution in [0.1, 0.15) is 12.6 Å². The van der Waals surface area contributed by atoms with Crippen LogP contribution in [-0.2, 0) is 23.2 Å². The van der Waals surface area contributed by atoms with Crippen LogP contribution in [0.3, 0.4) is 0 Å². The SMILES string of the molecule is CCn1cc(S(=O)(=O)N(C)CC(F)(F)F)cc1CO. The zero-order chi connectivity index (χ0) is 14.8. The Morgan fingerprint density at radius 3 is 2.37 bits per heavy atom. The Kier molecular flexibility index (Phi) is 4.64. The molecule has 0 spiro atoms. The van der Waals surface area contributed by atoms with Crippen molar-refractivity contribution in [1.82, 2.24) is 8.87 Å². The van der Waals surface area contributed by atoms with E-state index in [1.807, 2.05) is 0 Å². The first kappa shape index (κ1) is 16.0. The number of sulfonamides is 1. The molecule has 0 radical (unpaired) electrons. The smallest absolute Gasteiger partial charge is 0.390 e. The van der Waals surface area contributed by atoms with Gasteiger partial charge in [-0.1, -0.05) is 0 Å². The van der Waals surface area contributed by atoms with Crippen molar-refractivity contribution >= 4 is 10.0 Å². The molecular weight excluding hydrogens is 285 g/mol. The quantitative estimate of drug-likeness (QED) is 0.888. The second-order valence-electron chi connectivity index (χ2n) is 3.99. The average Bonchev–Trinajstić information content (AvgIpc) is 2.70. The number of hydrogen-bond acceptors (Lipinski definition) is 3. The first-order valence-corrected chi connectivity index (χ1v) is 6.88. The number of rotatable bonds is 5. The van der Waals surface area contributed by atoms with Gasteiger partial charge in [-0.3, -0.25) is 0 Å². The van der Waals surface area contributed by atoms with Crippen LogP contribution in [0.5, 0.6) is 0 Å². The standard InChI is InChI=1S/C10H15F3N2O3S/c1-3-15-5-9(4-8(15)6-16)19(17,18)14(2)7-10(11,12)13/h4-5,16H,3,6-7H2,1-2H3. The van der Waals surface area contributed by atoms with E-state index in [0.717, 1.165) is 7.05 Å². The molecule has 1 N–H and O–H groups in total. The van der Waals surface area contributed by atoms with Gasteiger partial charge in [0.05, 0.1) is 6.61 Å². The van der Waals surface area contributed by atoms with Crippen LogP contribution in [-0.4, -0.2) is 42.2 Å². The highest BCUT2D eigenvalue weighted by Crippen LogP contribution is 2.22. The number of hydrogen-bond donors (Lipinski definition) is 1. The molecule has 0 aromatic carbocycles. The van der Waals surface area contributed by atoms with Crippen molar-refractivity contribution in [3.05, 3.63) is 18.0 Å². The first-order valence-electron chi connectivity index (χ1n) is 5.44.